The summed E-state index contributed by atoms with van der Waals surface area (Å²) in [6.07, 6.45) is 2.66. The van der Waals surface area contributed by atoms with Gasteiger partial charge in [0.1, 0.15) is 6.10 Å². The second-order valence-corrected chi connectivity index (χ2v) is 5.06. The molecule has 1 unspecified atom stereocenters. The average molecular weight is 285 g/mol. The molecule has 1 aliphatic rings. The van der Waals surface area contributed by atoms with Crippen LogP contribution in [0.4, 0.5) is 0 Å². The van der Waals surface area contributed by atoms with Gasteiger partial charge in [-0.3, -0.25) is 4.98 Å². The van der Waals surface area contributed by atoms with Crippen molar-refractivity contribution in [3.8, 4) is 11.5 Å². The lowest BCUT2D eigenvalue weighted by Crippen LogP contribution is -2.06. The Bertz CT molecular complexity index is 627. The van der Waals surface area contributed by atoms with Gasteiger partial charge >= 0.3 is 0 Å². The van der Waals surface area contributed by atoms with Crippen molar-refractivity contribution in [2.75, 3.05) is 13.2 Å². The molecule has 3 rings (SSSR count). The monoisotopic (exact) mass is 285 g/mol. The maximum absolute atomic E-state index is 10.6. The molecule has 1 aromatic carbocycles. The van der Waals surface area contributed by atoms with Gasteiger partial charge in [0, 0.05) is 12.6 Å². The summed E-state index contributed by atoms with van der Waals surface area (Å²) in [6.45, 7) is 3.35. The van der Waals surface area contributed by atoms with E-state index < -0.39 is 6.10 Å². The number of aliphatic hydroxyl groups is 1. The number of nitrogens with zero attached hydrogens (tertiary/aromatic N) is 1. The van der Waals surface area contributed by atoms with Crippen LogP contribution in [0.15, 0.2) is 36.5 Å². The van der Waals surface area contributed by atoms with Crippen LogP contribution in [0.25, 0.3) is 0 Å². The zero-order valence-corrected chi connectivity index (χ0v) is 12.1. The molecule has 0 saturated carbocycles. The van der Waals surface area contributed by atoms with Gasteiger partial charge < -0.3 is 14.6 Å². The van der Waals surface area contributed by atoms with Crippen molar-refractivity contribution < 1.29 is 14.6 Å². The highest BCUT2D eigenvalue weighted by Crippen LogP contribution is 2.34. The van der Waals surface area contributed by atoms with Crippen molar-refractivity contribution in [2.45, 2.75) is 25.9 Å². The Morgan fingerprint density at radius 3 is 2.81 bits per heavy atom. The fourth-order valence-corrected chi connectivity index (χ4v) is 2.50. The molecule has 0 spiro atoms. The van der Waals surface area contributed by atoms with Crippen LogP contribution in [0.5, 0.6) is 11.5 Å². The van der Waals surface area contributed by atoms with Crippen LogP contribution < -0.4 is 9.47 Å². The molecule has 0 aliphatic carbocycles. The number of aryl methyl sites for hydroxylation is 1. The first-order valence-electron chi connectivity index (χ1n) is 7.31. The summed E-state index contributed by atoms with van der Waals surface area (Å²) in [4.78, 5) is 4.33. The number of hydrogen-bond acceptors (Lipinski definition) is 4. The normalized spacial score (nSPS) is 15.3. The zero-order chi connectivity index (χ0) is 14.7. The van der Waals surface area contributed by atoms with Gasteiger partial charge in [-0.15, -0.1) is 0 Å². The minimum Gasteiger partial charge on any atom is -0.490 e. The number of fused-ring (bicyclic) bond motifs is 1. The highest BCUT2D eigenvalue weighted by molar-refractivity contribution is 5.45. The fourth-order valence-electron chi connectivity index (χ4n) is 2.50. The van der Waals surface area contributed by atoms with E-state index in [1.54, 1.807) is 6.20 Å². The second-order valence-electron chi connectivity index (χ2n) is 5.06. The highest BCUT2D eigenvalue weighted by atomic mass is 16.5. The van der Waals surface area contributed by atoms with Crippen LogP contribution in [0.1, 0.15) is 36.3 Å². The van der Waals surface area contributed by atoms with Crippen LogP contribution in [0, 0.1) is 0 Å². The zero-order valence-electron chi connectivity index (χ0n) is 12.1. The summed E-state index contributed by atoms with van der Waals surface area (Å²) >= 11 is 0. The van der Waals surface area contributed by atoms with Gasteiger partial charge in [0.25, 0.3) is 0 Å². The first-order valence-corrected chi connectivity index (χ1v) is 7.31. The van der Waals surface area contributed by atoms with Crippen molar-refractivity contribution >= 4 is 0 Å². The summed E-state index contributed by atoms with van der Waals surface area (Å²) in [5.74, 6) is 1.43. The van der Waals surface area contributed by atoms with Crippen LogP contribution in [0.3, 0.4) is 0 Å². The number of pyridine rings is 1. The maximum atomic E-state index is 10.6. The summed E-state index contributed by atoms with van der Waals surface area (Å²) in [5, 5.41) is 10.6. The molecule has 1 aromatic heterocycles. The third-order valence-corrected chi connectivity index (χ3v) is 3.65. The molecule has 4 nitrogen and oxygen atoms in total. The van der Waals surface area contributed by atoms with Crippen molar-refractivity contribution in [1.82, 2.24) is 4.98 Å². The number of hydrogen-bond donors (Lipinski definition) is 1. The molecule has 0 radical (unpaired) electrons. The van der Waals surface area contributed by atoms with Gasteiger partial charge in [-0.05, 0) is 35.7 Å². The molecule has 1 N–H and O–H groups in total. The number of ether oxygens (including phenoxy) is 2. The van der Waals surface area contributed by atoms with E-state index in [4.69, 9.17) is 9.47 Å². The van der Waals surface area contributed by atoms with Gasteiger partial charge in [0.05, 0.1) is 18.9 Å². The standard InChI is InChI=1S/C17H19NO3/c1-2-12-5-3-8-18-16(12)17(19)13-6-7-14-15(11-13)21-10-4-9-20-14/h3,5-8,11,17,19H,2,4,9-10H2,1H3. The molecule has 2 heterocycles. The highest BCUT2D eigenvalue weighted by Gasteiger charge is 2.18. The average Bonchev–Trinajstić information content (AvgIpc) is 2.78. The van der Waals surface area contributed by atoms with Crippen LogP contribution >= 0.6 is 0 Å². The molecule has 0 amide bonds. The summed E-state index contributed by atoms with van der Waals surface area (Å²) in [6, 6.07) is 9.46. The largest absolute Gasteiger partial charge is 0.490 e. The summed E-state index contributed by atoms with van der Waals surface area (Å²) in [5.41, 5.74) is 2.53. The van der Waals surface area contributed by atoms with E-state index in [1.807, 2.05) is 30.3 Å². The Labute approximate surface area is 124 Å². The van der Waals surface area contributed by atoms with E-state index in [0.29, 0.717) is 24.7 Å². The Hall–Kier alpha value is -2.07. The topological polar surface area (TPSA) is 51.6 Å². The van der Waals surface area contributed by atoms with Gasteiger partial charge in [0.15, 0.2) is 11.5 Å². The Morgan fingerprint density at radius 1 is 1.19 bits per heavy atom. The van der Waals surface area contributed by atoms with Crippen molar-refractivity contribution in [2.24, 2.45) is 0 Å². The first kappa shape index (κ1) is 13.9. The third-order valence-electron chi connectivity index (χ3n) is 3.65. The number of benzene rings is 1. The van der Waals surface area contributed by atoms with E-state index in [-0.39, 0.29) is 0 Å². The van der Waals surface area contributed by atoms with Gasteiger partial charge in [-0.1, -0.05) is 19.1 Å². The molecule has 1 atom stereocenters. The smallest absolute Gasteiger partial charge is 0.161 e. The number of rotatable bonds is 3. The second kappa shape index (κ2) is 6.14. The molecule has 1 aliphatic heterocycles. The Kier molecular flexibility index (Phi) is 4.06. The van der Waals surface area contributed by atoms with E-state index in [1.165, 1.54) is 0 Å². The van der Waals surface area contributed by atoms with E-state index in [9.17, 15) is 5.11 Å². The van der Waals surface area contributed by atoms with Crippen molar-refractivity contribution in [1.29, 1.82) is 0 Å². The SMILES string of the molecule is CCc1cccnc1C(O)c1ccc2c(c1)OCCCO2. The molecule has 0 saturated heterocycles. The van der Waals surface area contributed by atoms with Crippen LogP contribution in [-0.4, -0.2) is 23.3 Å². The molecule has 4 heteroatoms. The van der Waals surface area contributed by atoms with E-state index in [0.717, 1.165) is 29.7 Å². The Morgan fingerprint density at radius 2 is 2.00 bits per heavy atom. The third kappa shape index (κ3) is 2.85. The van der Waals surface area contributed by atoms with Gasteiger partial charge in [0.2, 0.25) is 0 Å². The maximum Gasteiger partial charge on any atom is 0.161 e. The molecular formula is C17H19NO3. The number of aromatic nitrogens is 1. The minimum absolute atomic E-state index is 0.635. The molecule has 110 valence electrons. The first-order chi connectivity index (χ1) is 10.3. The molecule has 2 aromatic rings. The fraction of sp³-hybridized carbons (Fsp3) is 0.353. The Balaban J connectivity index is 1.94. The van der Waals surface area contributed by atoms with E-state index >= 15 is 0 Å². The lowest BCUT2D eigenvalue weighted by atomic mass is 10.0. The van der Waals surface area contributed by atoms with Gasteiger partial charge in [-0.2, -0.15) is 0 Å². The molecule has 0 fully saturated rings. The summed E-state index contributed by atoms with van der Waals surface area (Å²) < 4.78 is 11.3. The minimum atomic E-state index is -0.752. The van der Waals surface area contributed by atoms with Gasteiger partial charge in [-0.25, -0.2) is 0 Å². The van der Waals surface area contributed by atoms with E-state index in [2.05, 4.69) is 11.9 Å². The lowest BCUT2D eigenvalue weighted by molar-refractivity contribution is 0.213. The predicted octanol–water partition coefficient (Wildman–Crippen LogP) is 2.89. The lowest BCUT2D eigenvalue weighted by Gasteiger charge is -2.16. The van der Waals surface area contributed by atoms with Crippen molar-refractivity contribution in [3.05, 3.63) is 53.3 Å². The molecule has 0 bridgehead atoms. The predicted molar refractivity (Wildman–Crippen MR) is 79.7 cm³/mol. The van der Waals surface area contributed by atoms with Crippen molar-refractivity contribution in [3.63, 3.8) is 0 Å². The molecular weight excluding hydrogens is 266 g/mol. The van der Waals surface area contributed by atoms with Crippen LogP contribution in [-0.2, 0) is 6.42 Å². The molecule has 21 heavy (non-hydrogen) atoms. The summed E-state index contributed by atoms with van der Waals surface area (Å²) in [7, 11) is 0. The number of aliphatic hydroxyl groups excluding tert-OH is 1. The van der Waals surface area contributed by atoms with Crippen LogP contribution in [0.2, 0.25) is 0 Å². The quantitative estimate of drug-likeness (QED) is 0.942.